The summed E-state index contributed by atoms with van der Waals surface area (Å²) in [4.78, 5) is 2.55. The lowest BCUT2D eigenvalue weighted by Crippen LogP contribution is -2.41. The fraction of sp³-hybridized carbons (Fsp3) is 0.429. The molecule has 3 rings (SSSR count). The van der Waals surface area contributed by atoms with Gasteiger partial charge in [0.05, 0.1) is 11.1 Å². The maximum atomic E-state index is 5.83. The molecule has 1 aliphatic heterocycles. The van der Waals surface area contributed by atoms with Gasteiger partial charge in [0, 0.05) is 29.2 Å². The molecule has 1 aliphatic rings. The molecule has 1 fully saturated rings. The van der Waals surface area contributed by atoms with Crippen LogP contribution in [0.4, 0.5) is 0 Å². The number of nitrogens with one attached hydrogen (secondary N) is 1. The molecule has 0 radical (unpaired) electrons. The quantitative estimate of drug-likeness (QED) is 0.440. The minimum absolute atomic E-state index is 0. The van der Waals surface area contributed by atoms with Crippen molar-refractivity contribution in [2.75, 3.05) is 19.7 Å². The van der Waals surface area contributed by atoms with E-state index < -0.39 is 0 Å². The van der Waals surface area contributed by atoms with Gasteiger partial charge in [0.2, 0.25) is 0 Å². The van der Waals surface area contributed by atoms with E-state index in [0.717, 1.165) is 40.9 Å². The lowest BCUT2D eigenvalue weighted by Gasteiger charge is -2.32. The van der Waals surface area contributed by atoms with Crippen LogP contribution in [0.1, 0.15) is 30.9 Å². The molecule has 3 nitrogen and oxygen atoms in total. The summed E-state index contributed by atoms with van der Waals surface area (Å²) >= 11 is 7.20. The SMILES string of the molecule is CCOc1c(Br)cc(Br)cc1CNC1CCN(Cc2ccccc2)CC1.Cl.Cl. The topological polar surface area (TPSA) is 24.5 Å². The van der Waals surface area contributed by atoms with Crippen LogP contribution in [0.15, 0.2) is 51.4 Å². The Balaban J connectivity index is 0.00000196. The van der Waals surface area contributed by atoms with Gasteiger partial charge in [-0.15, -0.1) is 24.8 Å². The van der Waals surface area contributed by atoms with Crippen molar-refractivity contribution in [3.05, 3.63) is 62.5 Å². The Labute approximate surface area is 197 Å². The molecular formula is C21H28Br2Cl2N2O. The summed E-state index contributed by atoms with van der Waals surface area (Å²) in [5.74, 6) is 0.949. The summed E-state index contributed by atoms with van der Waals surface area (Å²) in [6.45, 7) is 6.87. The van der Waals surface area contributed by atoms with Crippen LogP contribution >= 0.6 is 56.7 Å². The van der Waals surface area contributed by atoms with E-state index in [0.29, 0.717) is 12.6 Å². The van der Waals surface area contributed by atoms with Gasteiger partial charge in [-0.2, -0.15) is 0 Å². The monoisotopic (exact) mass is 552 g/mol. The zero-order valence-electron chi connectivity index (χ0n) is 16.0. The number of piperidine rings is 1. The van der Waals surface area contributed by atoms with Gasteiger partial charge in [-0.3, -0.25) is 4.90 Å². The predicted octanol–water partition coefficient (Wildman–Crippen LogP) is 6.21. The molecule has 1 heterocycles. The Morgan fingerprint density at radius 1 is 1.07 bits per heavy atom. The Bertz CT molecular complexity index is 711. The van der Waals surface area contributed by atoms with E-state index in [9.17, 15) is 0 Å². The third kappa shape index (κ3) is 7.51. The Morgan fingerprint density at radius 2 is 1.75 bits per heavy atom. The molecule has 7 heteroatoms. The summed E-state index contributed by atoms with van der Waals surface area (Å²) in [6, 6.07) is 15.5. The third-order valence-corrected chi connectivity index (χ3v) is 5.84. The van der Waals surface area contributed by atoms with E-state index in [4.69, 9.17) is 4.74 Å². The first-order valence-corrected chi connectivity index (χ1v) is 10.8. The van der Waals surface area contributed by atoms with Crippen molar-refractivity contribution >= 4 is 56.7 Å². The van der Waals surface area contributed by atoms with Gasteiger partial charge in [0.25, 0.3) is 0 Å². The fourth-order valence-corrected chi connectivity index (χ4v) is 4.87. The summed E-state index contributed by atoms with van der Waals surface area (Å²) in [7, 11) is 0. The van der Waals surface area contributed by atoms with Gasteiger partial charge >= 0.3 is 0 Å². The first kappa shape index (κ1) is 25.7. The highest BCUT2D eigenvalue weighted by molar-refractivity contribution is 9.11. The molecule has 0 aromatic heterocycles. The van der Waals surface area contributed by atoms with Crippen molar-refractivity contribution in [2.45, 2.75) is 38.9 Å². The van der Waals surface area contributed by atoms with Gasteiger partial charge in [-0.1, -0.05) is 46.3 Å². The van der Waals surface area contributed by atoms with Crippen LogP contribution in [-0.4, -0.2) is 30.6 Å². The molecule has 0 atom stereocenters. The summed E-state index contributed by atoms with van der Waals surface area (Å²) in [5, 5.41) is 3.73. The Hall–Kier alpha value is -0.300. The van der Waals surface area contributed by atoms with E-state index in [1.54, 1.807) is 0 Å². The highest BCUT2D eigenvalue weighted by Crippen LogP contribution is 2.33. The van der Waals surface area contributed by atoms with Crippen molar-refractivity contribution in [3.63, 3.8) is 0 Å². The number of nitrogens with zero attached hydrogens (tertiary/aromatic N) is 1. The zero-order chi connectivity index (χ0) is 18.4. The van der Waals surface area contributed by atoms with Crippen molar-refractivity contribution in [3.8, 4) is 5.75 Å². The maximum absolute atomic E-state index is 5.83. The second-order valence-electron chi connectivity index (χ2n) is 6.73. The highest BCUT2D eigenvalue weighted by atomic mass is 79.9. The number of hydrogen-bond acceptors (Lipinski definition) is 3. The summed E-state index contributed by atoms with van der Waals surface area (Å²) in [6.07, 6.45) is 2.37. The molecule has 2 aromatic carbocycles. The molecule has 1 N–H and O–H groups in total. The molecule has 1 saturated heterocycles. The van der Waals surface area contributed by atoms with E-state index in [-0.39, 0.29) is 24.8 Å². The number of rotatable bonds is 7. The minimum atomic E-state index is 0. The number of ether oxygens (including phenoxy) is 1. The molecule has 0 aliphatic carbocycles. The van der Waals surface area contributed by atoms with Crippen molar-refractivity contribution in [1.29, 1.82) is 0 Å². The molecule has 0 unspecified atom stereocenters. The normalized spacial score (nSPS) is 14.8. The van der Waals surface area contributed by atoms with Crippen LogP contribution in [0.2, 0.25) is 0 Å². The van der Waals surface area contributed by atoms with Gasteiger partial charge in [-0.05, 0) is 66.5 Å². The van der Waals surface area contributed by atoms with Gasteiger partial charge < -0.3 is 10.1 Å². The Morgan fingerprint density at radius 3 is 2.39 bits per heavy atom. The number of benzene rings is 2. The van der Waals surface area contributed by atoms with E-state index in [1.807, 2.05) is 13.0 Å². The molecule has 0 saturated carbocycles. The van der Waals surface area contributed by atoms with Crippen molar-refractivity contribution in [1.82, 2.24) is 10.2 Å². The molecular weight excluding hydrogens is 527 g/mol. The third-order valence-electron chi connectivity index (χ3n) is 4.79. The predicted molar refractivity (Wildman–Crippen MR) is 129 cm³/mol. The number of likely N-dealkylation sites (tertiary alicyclic amines) is 1. The zero-order valence-corrected chi connectivity index (χ0v) is 20.8. The lowest BCUT2D eigenvalue weighted by atomic mass is 10.0. The van der Waals surface area contributed by atoms with Crippen molar-refractivity contribution < 1.29 is 4.74 Å². The molecule has 156 valence electrons. The van der Waals surface area contributed by atoms with Crippen molar-refractivity contribution in [2.24, 2.45) is 0 Å². The first-order chi connectivity index (χ1) is 12.7. The molecule has 0 bridgehead atoms. The number of hydrogen-bond donors (Lipinski definition) is 1. The summed E-state index contributed by atoms with van der Waals surface area (Å²) in [5.41, 5.74) is 2.60. The smallest absolute Gasteiger partial charge is 0.138 e. The first-order valence-electron chi connectivity index (χ1n) is 9.26. The van der Waals surface area contributed by atoms with Crippen LogP contribution in [0.25, 0.3) is 0 Å². The highest BCUT2D eigenvalue weighted by Gasteiger charge is 2.19. The van der Waals surface area contributed by atoms with Crippen LogP contribution in [-0.2, 0) is 13.1 Å². The van der Waals surface area contributed by atoms with Gasteiger partial charge in [0.1, 0.15) is 5.75 Å². The molecule has 0 amide bonds. The maximum Gasteiger partial charge on any atom is 0.138 e. The number of halogens is 4. The van der Waals surface area contributed by atoms with E-state index in [2.05, 4.69) is 78.5 Å². The largest absolute Gasteiger partial charge is 0.492 e. The average Bonchev–Trinajstić information content (AvgIpc) is 2.64. The average molecular weight is 555 g/mol. The van der Waals surface area contributed by atoms with Gasteiger partial charge in [-0.25, -0.2) is 0 Å². The van der Waals surface area contributed by atoms with Crippen LogP contribution in [0.3, 0.4) is 0 Å². The summed E-state index contributed by atoms with van der Waals surface area (Å²) < 4.78 is 7.90. The second-order valence-corrected chi connectivity index (χ2v) is 8.50. The molecule has 0 spiro atoms. The molecule has 28 heavy (non-hydrogen) atoms. The van der Waals surface area contributed by atoms with Crippen LogP contribution in [0.5, 0.6) is 5.75 Å². The fourth-order valence-electron chi connectivity index (χ4n) is 3.44. The Kier molecular flexibility index (Phi) is 12.0. The molecule has 2 aromatic rings. The lowest BCUT2D eigenvalue weighted by molar-refractivity contribution is 0.190. The van der Waals surface area contributed by atoms with E-state index >= 15 is 0 Å². The van der Waals surface area contributed by atoms with Gasteiger partial charge in [0.15, 0.2) is 0 Å². The standard InChI is InChI=1S/C21H26Br2N2O.2ClH/c1-2-26-21-17(12-18(22)13-20(21)23)14-24-19-8-10-25(11-9-19)15-16-6-4-3-5-7-16;;/h3-7,12-13,19,24H,2,8-11,14-15H2,1H3;2*1H. The van der Waals surface area contributed by atoms with Crippen LogP contribution < -0.4 is 10.1 Å². The van der Waals surface area contributed by atoms with E-state index in [1.165, 1.54) is 24.0 Å². The van der Waals surface area contributed by atoms with Crippen LogP contribution in [0, 0.1) is 0 Å². The minimum Gasteiger partial charge on any atom is -0.492 e. The second kappa shape index (κ2) is 13.1.